The summed E-state index contributed by atoms with van der Waals surface area (Å²) in [5.41, 5.74) is 2.17. The minimum atomic E-state index is 0.228. The zero-order valence-electron chi connectivity index (χ0n) is 2.52. The molecule has 0 bridgehead atoms. The highest BCUT2D eigenvalue weighted by atomic mass is 32.1. The van der Waals surface area contributed by atoms with Gasteiger partial charge in [0.25, 0.3) is 0 Å². The second-order valence-corrected chi connectivity index (χ2v) is 0.733. The molecule has 0 N–H and O–H groups in total. The summed E-state index contributed by atoms with van der Waals surface area (Å²) in [6, 6.07) is 0. The molecular weight excluding hydrogens is 84.1 g/mol. The van der Waals surface area contributed by atoms with Gasteiger partial charge in [-0.2, -0.15) is 0 Å². The monoisotopic (exact) mass is 86.0 g/mol. The molecule has 0 aliphatic carbocycles. The molecule has 0 aromatic heterocycles. The molecule has 0 aliphatic rings. The standard InChI is InChI=1S/C3H2OS/c1-2-3-5-4/h1H2. The molecule has 0 radical (unpaired) electrons. The molecule has 0 aromatic carbocycles. The summed E-state index contributed by atoms with van der Waals surface area (Å²) in [4.78, 5) is 0. The summed E-state index contributed by atoms with van der Waals surface area (Å²) in [6.45, 7) is 3.09. The van der Waals surface area contributed by atoms with E-state index in [2.05, 4.69) is 17.3 Å². The molecule has 1 nitrogen and oxygen atoms in total. The zero-order chi connectivity index (χ0) is 4.12. The molecule has 0 heterocycles. The van der Waals surface area contributed by atoms with Crippen LogP contribution in [0.3, 0.4) is 0 Å². The molecule has 0 fully saturated rings. The molecule has 0 saturated carbocycles. The Kier molecular flexibility index (Phi) is 3.07. The summed E-state index contributed by atoms with van der Waals surface area (Å²) < 4.78 is 9.23. The molecule has 0 amide bonds. The van der Waals surface area contributed by atoms with Gasteiger partial charge in [-0.05, 0) is 6.58 Å². The smallest absolute Gasteiger partial charge is 0.151 e. The van der Waals surface area contributed by atoms with Gasteiger partial charge in [-0.1, -0.05) is 5.73 Å². The normalized spacial score (nSPS) is 4.00. The van der Waals surface area contributed by atoms with Gasteiger partial charge in [0.1, 0.15) is 0 Å². The first kappa shape index (κ1) is 4.45. The molecule has 0 aromatic rings. The van der Waals surface area contributed by atoms with Gasteiger partial charge in [-0.15, -0.1) is 0 Å². The van der Waals surface area contributed by atoms with E-state index in [-0.39, 0.29) is 11.3 Å². The Balaban J connectivity index is 4.38. The quantitative estimate of drug-likeness (QED) is 0.298. The van der Waals surface area contributed by atoms with Gasteiger partial charge in [0.15, 0.2) is 11.3 Å². The van der Waals surface area contributed by atoms with Crippen LogP contribution in [0.5, 0.6) is 0 Å². The highest BCUT2D eigenvalue weighted by Crippen LogP contribution is 1.20. The maximum atomic E-state index is 9.23. The maximum absolute atomic E-state index is 9.23. The Morgan fingerprint density at radius 2 is 2.40 bits per heavy atom. The summed E-state index contributed by atoms with van der Waals surface area (Å²) in [5, 5.41) is 2.11. The predicted octanol–water partition coefficient (Wildman–Crippen LogP) is -0.0584. The van der Waals surface area contributed by atoms with Crippen LogP contribution in [0.4, 0.5) is 0 Å². The predicted molar refractivity (Wildman–Crippen MR) is 22.3 cm³/mol. The van der Waals surface area contributed by atoms with E-state index in [0.29, 0.717) is 0 Å². The Bertz CT molecular complexity index is 98.9. The van der Waals surface area contributed by atoms with Gasteiger partial charge >= 0.3 is 0 Å². The third-order valence-corrected chi connectivity index (χ3v) is 0.342. The zero-order valence-corrected chi connectivity index (χ0v) is 3.34. The van der Waals surface area contributed by atoms with Crippen molar-refractivity contribution in [2.45, 2.75) is 0 Å². The van der Waals surface area contributed by atoms with Crippen LogP contribution in [-0.4, -0.2) is 9.23 Å². The first-order chi connectivity index (χ1) is 2.41. The first-order valence-corrected chi connectivity index (χ1v) is 1.72. The third kappa shape index (κ3) is 3.45. The molecule has 0 rings (SSSR count). The van der Waals surface area contributed by atoms with Crippen LogP contribution in [0.15, 0.2) is 12.3 Å². The lowest BCUT2D eigenvalue weighted by Gasteiger charge is -1.22. The number of rotatable bonds is 0. The fourth-order valence-electron chi connectivity index (χ4n) is 0.0295. The van der Waals surface area contributed by atoms with Crippen LogP contribution in [0.25, 0.3) is 0 Å². The Hall–Kier alpha value is -0.550. The van der Waals surface area contributed by atoms with Crippen LogP contribution in [0.2, 0.25) is 0 Å². The lowest BCUT2D eigenvalue weighted by Crippen LogP contribution is -1.33. The van der Waals surface area contributed by atoms with Gasteiger partial charge in [0, 0.05) is 5.02 Å². The minimum Gasteiger partial charge on any atom is -0.202 e. The van der Waals surface area contributed by atoms with Crippen molar-refractivity contribution in [1.82, 2.24) is 0 Å². The molecule has 0 aliphatic heterocycles. The van der Waals surface area contributed by atoms with Crippen LogP contribution >= 0.6 is 0 Å². The van der Waals surface area contributed by atoms with E-state index in [0.717, 1.165) is 0 Å². The lowest BCUT2D eigenvalue weighted by molar-refractivity contribution is 0.701. The van der Waals surface area contributed by atoms with E-state index in [1.165, 1.54) is 0 Å². The highest BCUT2D eigenvalue weighted by Gasteiger charge is 1.25. The minimum absolute atomic E-state index is 0.228. The topological polar surface area (TPSA) is 17.1 Å². The van der Waals surface area contributed by atoms with Crippen molar-refractivity contribution in [2.75, 3.05) is 0 Å². The Morgan fingerprint density at radius 1 is 1.80 bits per heavy atom. The lowest BCUT2D eigenvalue weighted by atomic mass is 11.0. The van der Waals surface area contributed by atoms with Crippen LogP contribution in [0.1, 0.15) is 0 Å². The SMILES string of the molecule is C=C=C=S=O. The second-order valence-electron chi connectivity index (χ2n) is 0.362. The van der Waals surface area contributed by atoms with Gasteiger partial charge in [-0.25, -0.2) is 4.21 Å². The van der Waals surface area contributed by atoms with Crippen LogP contribution < -0.4 is 0 Å². The van der Waals surface area contributed by atoms with Crippen LogP contribution in [-0.2, 0) is 11.3 Å². The molecule has 0 spiro atoms. The van der Waals surface area contributed by atoms with Crippen molar-refractivity contribution < 1.29 is 4.21 Å². The van der Waals surface area contributed by atoms with Crippen molar-refractivity contribution in [1.29, 1.82) is 0 Å². The van der Waals surface area contributed by atoms with Crippen molar-refractivity contribution in [3.05, 3.63) is 12.3 Å². The fraction of sp³-hybridized carbons (Fsp3) is 0. The van der Waals surface area contributed by atoms with Gasteiger partial charge in [0.2, 0.25) is 0 Å². The molecule has 0 saturated heterocycles. The average molecular weight is 86.1 g/mol. The maximum Gasteiger partial charge on any atom is 0.151 e. The number of hydrogen-bond donors (Lipinski definition) is 0. The fourth-order valence-corrected chi connectivity index (χ4v) is 0.0884. The van der Waals surface area contributed by atoms with Crippen molar-refractivity contribution in [3.8, 4) is 0 Å². The van der Waals surface area contributed by atoms with E-state index in [1.807, 2.05) is 0 Å². The molecule has 0 unspecified atom stereocenters. The second kappa shape index (κ2) is 3.45. The highest BCUT2D eigenvalue weighted by molar-refractivity contribution is 7.64. The van der Waals surface area contributed by atoms with E-state index < -0.39 is 0 Å². The summed E-state index contributed by atoms with van der Waals surface area (Å²) in [6.07, 6.45) is 0. The van der Waals surface area contributed by atoms with Gasteiger partial charge in [-0.3, -0.25) is 0 Å². The number of hydrogen-bond acceptors (Lipinski definition) is 1. The third-order valence-electron chi connectivity index (χ3n) is 0.114. The Labute approximate surface area is 33.7 Å². The molecule has 26 valence electrons. The van der Waals surface area contributed by atoms with E-state index >= 15 is 0 Å². The van der Waals surface area contributed by atoms with Crippen molar-refractivity contribution >= 4 is 16.3 Å². The molecule has 0 atom stereocenters. The van der Waals surface area contributed by atoms with Crippen molar-refractivity contribution in [2.24, 2.45) is 0 Å². The molecule has 5 heavy (non-hydrogen) atoms. The average Bonchev–Trinajstić information content (AvgIpc) is 1.41. The van der Waals surface area contributed by atoms with E-state index in [4.69, 9.17) is 0 Å². The van der Waals surface area contributed by atoms with E-state index in [9.17, 15) is 4.21 Å². The van der Waals surface area contributed by atoms with E-state index in [1.54, 1.807) is 0 Å². The van der Waals surface area contributed by atoms with Gasteiger partial charge < -0.3 is 0 Å². The summed E-state index contributed by atoms with van der Waals surface area (Å²) in [5.74, 6) is 0. The largest absolute Gasteiger partial charge is 0.202 e. The summed E-state index contributed by atoms with van der Waals surface area (Å²) in [7, 11) is 0. The molecule has 2 heteroatoms. The summed E-state index contributed by atoms with van der Waals surface area (Å²) >= 11 is 0.228. The first-order valence-electron chi connectivity index (χ1n) is 0.974. The van der Waals surface area contributed by atoms with Crippen LogP contribution in [0, 0.1) is 0 Å². The Morgan fingerprint density at radius 3 is 2.40 bits per heavy atom. The van der Waals surface area contributed by atoms with Crippen molar-refractivity contribution in [3.63, 3.8) is 0 Å². The molecular formula is C3H2OS. The van der Waals surface area contributed by atoms with Gasteiger partial charge in [0.05, 0.1) is 0 Å².